The molecular weight excluding hydrogens is 725 g/mol. The van der Waals surface area contributed by atoms with E-state index in [1.54, 1.807) is 6.92 Å². The molecule has 290 valence electrons. The van der Waals surface area contributed by atoms with Gasteiger partial charge in [0.2, 0.25) is 0 Å². The zero-order valence-corrected chi connectivity index (χ0v) is 31.3. The topological polar surface area (TPSA) is 121 Å². The Kier molecular flexibility index (Phi) is 8.00. The van der Waals surface area contributed by atoms with Crippen molar-refractivity contribution in [1.29, 1.82) is 0 Å². The Balaban J connectivity index is 1.16. The molecule has 4 fully saturated rings. The number of rotatable bonds is 6. The number of hydrogen-bond acceptors (Lipinski definition) is 11. The van der Waals surface area contributed by atoms with Crippen LogP contribution in [0, 0.1) is 36.8 Å². The maximum Gasteiger partial charge on any atom is 0.519 e. The van der Waals surface area contributed by atoms with Crippen molar-refractivity contribution < 1.29 is 31.8 Å². The lowest BCUT2D eigenvalue weighted by Crippen LogP contribution is -2.62. The van der Waals surface area contributed by atoms with Crippen LogP contribution in [-0.4, -0.2) is 85.9 Å². The minimum Gasteiger partial charge on any atom is -0.508 e. The van der Waals surface area contributed by atoms with E-state index in [4.69, 9.17) is 34.9 Å². The summed E-state index contributed by atoms with van der Waals surface area (Å²) in [5.74, 6) is 1.23. The smallest absolute Gasteiger partial charge is 0.508 e. The summed E-state index contributed by atoms with van der Waals surface area (Å²) in [4.78, 5) is 33.7. The van der Waals surface area contributed by atoms with Gasteiger partial charge in [-0.1, -0.05) is 25.8 Å². The number of alkyl halides is 1. The van der Waals surface area contributed by atoms with Crippen LogP contribution >= 0.6 is 0 Å². The van der Waals surface area contributed by atoms with E-state index >= 15 is 8.78 Å². The Morgan fingerprint density at radius 2 is 1.95 bits per heavy atom. The molecule has 0 amide bonds. The summed E-state index contributed by atoms with van der Waals surface area (Å²) in [6, 6.07) is 5.45. The van der Waals surface area contributed by atoms with Crippen LogP contribution in [0.3, 0.4) is 0 Å². The maximum atomic E-state index is 17.6. The lowest BCUT2D eigenvalue weighted by atomic mass is 9.81. The van der Waals surface area contributed by atoms with E-state index in [2.05, 4.69) is 34.5 Å². The minimum atomic E-state index is -0.959. The summed E-state index contributed by atoms with van der Waals surface area (Å²) in [7, 11) is 0. The monoisotopic (exact) mass is 766 g/mol. The summed E-state index contributed by atoms with van der Waals surface area (Å²) < 4.78 is 64.7. The summed E-state index contributed by atoms with van der Waals surface area (Å²) in [5, 5.41) is 12.0. The molecule has 56 heavy (non-hydrogen) atoms. The number of terminal acetylenes is 1. The van der Waals surface area contributed by atoms with Crippen molar-refractivity contribution in [3.05, 3.63) is 69.3 Å². The molecule has 2 aromatic carbocycles. The molecule has 5 aliphatic rings. The van der Waals surface area contributed by atoms with E-state index in [-0.39, 0.29) is 76.1 Å². The summed E-state index contributed by atoms with van der Waals surface area (Å²) in [5.41, 5.74) is -0.0123. The van der Waals surface area contributed by atoms with E-state index in [1.807, 2.05) is 0 Å². The van der Waals surface area contributed by atoms with Crippen molar-refractivity contribution in [1.82, 2.24) is 24.8 Å². The average Bonchev–Trinajstić information content (AvgIpc) is 3.87. The fraction of sp³-hybridized carbons (Fsp3) is 0.476. The number of anilines is 1. The van der Waals surface area contributed by atoms with Gasteiger partial charge in [-0.05, 0) is 68.7 Å². The molecule has 3 aromatic heterocycles. The molecule has 8 heterocycles. The van der Waals surface area contributed by atoms with Crippen LogP contribution in [0.25, 0.3) is 32.9 Å². The number of halogens is 3. The first kappa shape index (κ1) is 35.3. The van der Waals surface area contributed by atoms with Crippen molar-refractivity contribution >= 4 is 27.5 Å². The number of ether oxygens (including phenoxy) is 1. The van der Waals surface area contributed by atoms with Crippen LogP contribution in [0.5, 0.6) is 11.8 Å². The van der Waals surface area contributed by atoms with E-state index in [0.717, 1.165) is 32.2 Å². The molecule has 0 spiro atoms. The first-order valence-corrected chi connectivity index (χ1v) is 19.4. The van der Waals surface area contributed by atoms with Crippen molar-refractivity contribution in [3.63, 3.8) is 0 Å². The fourth-order valence-electron chi connectivity index (χ4n) is 10.8. The third-order valence-electron chi connectivity index (χ3n) is 13.5. The van der Waals surface area contributed by atoms with Crippen LogP contribution in [-0.2, 0) is 6.54 Å². The first-order valence-electron chi connectivity index (χ1n) is 19.4. The molecule has 14 heteroatoms. The molecule has 4 saturated heterocycles. The number of hydrogen-bond donors (Lipinski definition) is 1. The number of pyridine rings is 1. The summed E-state index contributed by atoms with van der Waals surface area (Å²) >= 11 is 0. The highest BCUT2D eigenvalue weighted by Crippen LogP contribution is 2.50. The van der Waals surface area contributed by atoms with Crippen LogP contribution in [0.1, 0.15) is 74.6 Å². The number of aryl methyl sites for hydroxylation is 1. The van der Waals surface area contributed by atoms with Gasteiger partial charge in [-0.15, -0.1) is 6.42 Å². The Morgan fingerprint density at radius 1 is 1.11 bits per heavy atom. The largest absolute Gasteiger partial charge is 0.519 e. The number of piperazine rings is 1. The SMILES string of the molecule is C#Cc1c(F)ccc2cc(O)cc(-c3nc4c5c(nc(OC[C@@]67CCCN6C[C@H](F)C7)nc5c3F)N3C[C@H]5CC[C@@H]([C@@H]3[C@@H](C)[C@H]4C)N5Cc3oc(=O)oc3C)c12. The van der Waals surface area contributed by atoms with Crippen LogP contribution in [0.2, 0.25) is 0 Å². The highest BCUT2D eigenvalue weighted by atomic mass is 19.1. The predicted octanol–water partition coefficient (Wildman–Crippen LogP) is 6.59. The highest BCUT2D eigenvalue weighted by molar-refractivity contribution is 6.03. The minimum absolute atomic E-state index is 0.0130. The second-order valence-electron chi connectivity index (χ2n) is 16.4. The zero-order valence-electron chi connectivity index (χ0n) is 31.3. The third-order valence-corrected chi connectivity index (χ3v) is 13.5. The lowest BCUT2D eigenvalue weighted by molar-refractivity contribution is 0.0943. The number of aromatic hydroxyl groups is 1. The zero-order chi connectivity index (χ0) is 38.8. The second kappa shape index (κ2) is 12.7. The van der Waals surface area contributed by atoms with E-state index in [9.17, 15) is 14.3 Å². The van der Waals surface area contributed by atoms with Crippen LogP contribution in [0.4, 0.5) is 19.0 Å². The van der Waals surface area contributed by atoms with E-state index < -0.39 is 29.2 Å². The first-order chi connectivity index (χ1) is 26.9. The van der Waals surface area contributed by atoms with Crippen molar-refractivity contribution in [2.45, 2.75) is 95.2 Å². The molecule has 11 nitrogen and oxygen atoms in total. The lowest BCUT2D eigenvalue weighted by Gasteiger charge is -2.49. The molecule has 5 aromatic rings. The number of phenolic OH excluding ortho intramolecular Hbond substituents is 1. The van der Waals surface area contributed by atoms with Crippen molar-refractivity contribution in [2.24, 2.45) is 5.92 Å². The number of nitrogens with zero attached hydrogens (tertiary/aromatic N) is 6. The Bertz CT molecular complexity index is 2550. The number of fused-ring (bicyclic) bond motifs is 7. The van der Waals surface area contributed by atoms with Gasteiger partial charge in [0.15, 0.2) is 11.6 Å². The number of benzene rings is 2. The second-order valence-corrected chi connectivity index (χ2v) is 16.4. The van der Waals surface area contributed by atoms with Gasteiger partial charge in [-0.2, -0.15) is 9.97 Å². The molecule has 1 N–H and O–H groups in total. The number of aromatic nitrogens is 3. The Hall–Kier alpha value is -5.13. The Labute approximate surface area is 320 Å². The molecule has 10 rings (SSSR count). The predicted molar refractivity (Wildman–Crippen MR) is 201 cm³/mol. The van der Waals surface area contributed by atoms with Gasteiger partial charge in [0, 0.05) is 54.5 Å². The van der Waals surface area contributed by atoms with Crippen molar-refractivity contribution in [2.75, 3.05) is 31.1 Å². The van der Waals surface area contributed by atoms with Crippen LogP contribution in [0.15, 0.2) is 37.9 Å². The normalized spacial score (nSPS) is 28.5. The van der Waals surface area contributed by atoms with Gasteiger partial charge >= 0.3 is 11.8 Å². The standard InChI is InChI=1S/C42H41F3N6O5/c1-5-27-29(44)9-7-23-13-26(52)14-28(32(23)27)36-34(45)37-33-35(46-36)20(2)21(3)38-30-10-8-25(50(30)18-31-22(4)55-41(53)56-31)17-51(38)39(33)48-40(47-37)54-19-42-11-6-12-49(42)16-24(43)15-42/h1,7,9,13-14,20-21,24-25,30,38,52H,6,8,10-12,15-19H2,2-4H3/t20-,21+,24-,25-,30+,38+,42+/m1/s1. The molecule has 7 atom stereocenters. The highest BCUT2D eigenvalue weighted by Gasteiger charge is 2.53. The fourth-order valence-corrected chi connectivity index (χ4v) is 10.8. The van der Waals surface area contributed by atoms with Gasteiger partial charge in [0.1, 0.15) is 47.1 Å². The molecule has 0 radical (unpaired) electrons. The average molecular weight is 767 g/mol. The van der Waals surface area contributed by atoms with Gasteiger partial charge in [0.05, 0.1) is 28.7 Å². The van der Waals surface area contributed by atoms with E-state index in [0.29, 0.717) is 59.9 Å². The molecule has 5 aliphatic heterocycles. The van der Waals surface area contributed by atoms with E-state index in [1.165, 1.54) is 24.3 Å². The quantitative estimate of drug-likeness (QED) is 0.189. The van der Waals surface area contributed by atoms with Gasteiger partial charge < -0.3 is 23.6 Å². The summed E-state index contributed by atoms with van der Waals surface area (Å²) in [6.07, 6.45) is 8.69. The molecule has 0 aliphatic carbocycles. The maximum absolute atomic E-state index is 17.6. The Morgan fingerprint density at radius 3 is 2.73 bits per heavy atom. The molecular formula is C42H41F3N6O5. The molecule has 0 unspecified atom stereocenters. The van der Waals surface area contributed by atoms with Crippen LogP contribution < -0.4 is 15.5 Å². The summed E-state index contributed by atoms with van der Waals surface area (Å²) in [6.45, 7) is 8.19. The van der Waals surface area contributed by atoms with Gasteiger partial charge in [0.25, 0.3) is 0 Å². The molecule has 0 saturated carbocycles. The molecule has 2 bridgehead atoms. The van der Waals surface area contributed by atoms with Crippen molar-refractivity contribution in [3.8, 4) is 35.4 Å². The third kappa shape index (κ3) is 5.19. The number of phenols is 1. The van der Waals surface area contributed by atoms with Gasteiger partial charge in [-0.25, -0.2) is 22.9 Å². The van der Waals surface area contributed by atoms with Gasteiger partial charge in [-0.3, -0.25) is 9.80 Å².